The van der Waals surface area contributed by atoms with Crippen molar-refractivity contribution in [3.63, 3.8) is 0 Å². The molecule has 1 amide bonds. The van der Waals surface area contributed by atoms with Crippen molar-refractivity contribution in [1.82, 2.24) is 10.5 Å². The molecule has 2 rings (SSSR count). The largest absolute Gasteiger partial charge is 0.484 e. The van der Waals surface area contributed by atoms with Crippen LogP contribution in [-0.4, -0.2) is 17.6 Å². The van der Waals surface area contributed by atoms with Crippen LogP contribution < -0.4 is 10.1 Å². The summed E-state index contributed by atoms with van der Waals surface area (Å²) in [5, 5.41) is 6.63. The molecule has 5 nitrogen and oxygen atoms in total. The number of carbonyl (C=O) groups is 1. The van der Waals surface area contributed by atoms with Crippen molar-refractivity contribution in [2.24, 2.45) is 0 Å². The number of benzene rings is 1. The smallest absolute Gasteiger partial charge is 0.251 e. The Labute approximate surface area is 131 Å². The fraction of sp³-hybridized carbons (Fsp3) is 0.333. The highest BCUT2D eigenvalue weighted by atomic mass is 79.9. The van der Waals surface area contributed by atoms with Gasteiger partial charge in [0.15, 0.2) is 5.76 Å². The number of carbonyl (C=O) groups excluding carboxylic acids is 1. The fourth-order valence-electron chi connectivity index (χ4n) is 1.73. The van der Waals surface area contributed by atoms with E-state index >= 15 is 0 Å². The quantitative estimate of drug-likeness (QED) is 0.864. The summed E-state index contributed by atoms with van der Waals surface area (Å²) < 4.78 is 11.4. The number of amides is 1. The van der Waals surface area contributed by atoms with E-state index in [1.165, 1.54) is 0 Å². The van der Waals surface area contributed by atoms with Crippen LogP contribution in [0.1, 0.15) is 35.2 Å². The van der Waals surface area contributed by atoms with Gasteiger partial charge in [0.05, 0.1) is 10.2 Å². The molecule has 0 bridgehead atoms. The van der Waals surface area contributed by atoms with Crippen molar-refractivity contribution in [3.8, 4) is 5.75 Å². The van der Waals surface area contributed by atoms with E-state index < -0.39 is 0 Å². The van der Waals surface area contributed by atoms with Crippen LogP contribution in [-0.2, 0) is 6.61 Å². The molecule has 1 N–H and O–H groups in total. The van der Waals surface area contributed by atoms with Gasteiger partial charge in [0, 0.05) is 18.2 Å². The summed E-state index contributed by atoms with van der Waals surface area (Å²) in [5.74, 6) is 1.22. The van der Waals surface area contributed by atoms with Crippen molar-refractivity contribution < 1.29 is 14.1 Å². The molecule has 0 spiro atoms. The first-order chi connectivity index (χ1) is 10.1. The van der Waals surface area contributed by atoms with Crippen LogP contribution >= 0.6 is 15.9 Å². The van der Waals surface area contributed by atoms with Gasteiger partial charge < -0.3 is 14.6 Å². The molecule has 1 aromatic heterocycles. The average Bonchev–Trinajstić information content (AvgIpc) is 2.89. The first kappa shape index (κ1) is 15.6. The summed E-state index contributed by atoms with van der Waals surface area (Å²) in [6.07, 6.45) is 0.907. The normalized spacial score (nSPS) is 10.4. The van der Waals surface area contributed by atoms with Crippen molar-refractivity contribution in [3.05, 3.63) is 45.8 Å². The molecule has 0 radical (unpaired) electrons. The van der Waals surface area contributed by atoms with Gasteiger partial charge in [-0.2, -0.15) is 0 Å². The maximum Gasteiger partial charge on any atom is 0.251 e. The molecule has 112 valence electrons. The standard InChI is InChI=1S/C15H17BrN2O3/c1-3-6-17-15(19)11-4-5-14(13(16)8-11)20-9-12-7-10(2)18-21-12/h4-5,7-8H,3,6,9H2,1-2H3,(H,17,19). The van der Waals surface area contributed by atoms with Gasteiger partial charge in [-0.15, -0.1) is 0 Å². The van der Waals surface area contributed by atoms with Crippen LogP contribution in [0.15, 0.2) is 33.3 Å². The zero-order chi connectivity index (χ0) is 15.2. The first-order valence-electron chi connectivity index (χ1n) is 6.73. The molecule has 0 aliphatic carbocycles. The minimum atomic E-state index is -0.0880. The molecule has 2 aromatic rings. The van der Waals surface area contributed by atoms with E-state index in [-0.39, 0.29) is 5.91 Å². The number of rotatable bonds is 6. The second-order valence-electron chi connectivity index (χ2n) is 4.62. The number of hydrogen-bond acceptors (Lipinski definition) is 4. The molecule has 0 atom stereocenters. The highest BCUT2D eigenvalue weighted by molar-refractivity contribution is 9.10. The molecule has 0 saturated heterocycles. The summed E-state index contributed by atoms with van der Waals surface area (Å²) in [4.78, 5) is 11.9. The van der Waals surface area contributed by atoms with Crippen LogP contribution in [0.2, 0.25) is 0 Å². The molecular formula is C15H17BrN2O3. The van der Waals surface area contributed by atoms with E-state index in [0.29, 0.717) is 30.2 Å². The lowest BCUT2D eigenvalue weighted by Crippen LogP contribution is -2.23. The predicted molar refractivity (Wildman–Crippen MR) is 82.3 cm³/mol. The minimum absolute atomic E-state index is 0.0880. The van der Waals surface area contributed by atoms with Crippen LogP contribution in [0.5, 0.6) is 5.75 Å². The summed E-state index contributed by atoms with van der Waals surface area (Å²) in [7, 11) is 0. The Balaban J connectivity index is 2.00. The van der Waals surface area contributed by atoms with Crippen LogP contribution in [0.25, 0.3) is 0 Å². The molecule has 0 fully saturated rings. The summed E-state index contributed by atoms with van der Waals surface area (Å²) >= 11 is 3.41. The number of ether oxygens (including phenoxy) is 1. The first-order valence-corrected chi connectivity index (χ1v) is 7.52. The topological polar surface area (TPSA) is 64.4 Å². The van der Waals surface area contributed by atoms with Gasteiger partial charge in [-0.3, -0.25) is 4.79 Å². The van der Waals surface area contributed by atoms with Crippen molar-refractivity contribution in [2.45, 2.75) is 26.9 Å². The number of hydrogen-bond donors (Lipinski definition) is 1. The number of nitrogens with zero attached hydrogens (tertiary/aromatic N) is 1. The molecule has 0 aliphatic heterocycles. The third kappa shape index (κ3) is 4.32. The van der Waals surface area contributed by atoms with Crippen molar-refractivity contribution in [2.75, 3.05) is 6.54 Å². The van der Waals surface area contributed by atoms with E-state index in [4.69, 9.17) is 9.26 Å². The third-order valence-corrected chi connectivity index (χ3v) is 3.40. The van der Waals surface area contributed by atoms with Gasteiger partial charge in [0.1, 0.15) is 12.4 Å². The van der Waals surface area contributed by atoms with Gasteiger partial charge in [0.2, 0.25) is 0 Å². The van der Waals surface area contributed by atoms with E-state index in [2.05, 4.69) is 26.4 Å². The molecule has 1 heterocycles. The van der Waals surface area contributed by atoms with E-state index in [0.717, 1.165) is 16.6 Å². The van der Waals surface area contributed by atoms with Crippen LogP contribution in [0.4, 0.5) is 0 Å². The molecule has 21 heavy (non-hydrogen) atoms. The zero-order valence-corrected chi connectivity index (χ0v) is 13.6. The number of aryl methyl sites for hydroxylation is 1. The molecule has 6 heteroatoms. The maximum atomic E-state index is 11.9. The lowest BCUT2D eigenvalue weighted by atomic mass is 10.2. The highest BCUT2D eigenvalue weighted by Gasteiger charge is 2.09. The van der Waals surface area contributed by atoms with E-state index in [1.807, 2.05) is 19.9 Å². The average molecular weight is 353 g/mol. The Kier molecular flexibility index (Phi) is 5.38. The lowest BCUT2D eigenvalue weighted by molar-refractivity contribution is 0.0953. The van der Waals surface area contributed by atoms with Crippen LogP contribution in [0, 0.1) is 6.92 Å². The van der Waals surface area contributed by atoms with Crippen molar-refractivity contribution >= 4 is 21.8 Å². The Bertz CT molecular complexity index is 625. The van der Waals surface area contributed by atoms with Gasteiger partial charge in [-0.1, -0.05) is 12.1 Å². The summed E-state index contributed by atoms with van der Waals surface area (Å²) in [6, 6.07) is 7.05. The predicted octanol–water partition coefficient (Wildman–Crippen LogP) is 3.46. The Hall–Kier alpha value is -1.82. The number of halogens is 1. The van der Waals surface area contributed by atoms with E-state index in [9.17, 15) is 4.79 Å². The third-order valence-electron chi connectivity index (χ3n) is 2.78. The van der Waals surface area contributed by atoms with Gasteiger partial charge in [0.25, 0.3) is 5.91 Å². The van der Waals surface area contributed by atoms with Crippen LogP contribution in [0.3, 0.4) is 0 Å². The van der Waals surface area contributed by atoms with Gasteiger partial charge >= 0.3 is 0 Å². The van der Waals surface area contributed by atoms with Gasteiger partial charge in [-0.25, -0.2) is 0 Å². The minimum Gasteiger partial charge on any atom is -0.484 e. The molecule has 0 saturated carbocycles. The molecule has 1 aromatic carbocycles. The molecular weight excluding hydrogens is 336 g/mol. The van der Waals surface area contributed by atoms with E-state index in [1.54, 1.807) is 18.2 Å². The lowest BCUT2D eigenvalue weighted by Gasteiger charge is -2.08. The SMILES string of the molecule is CCCNC(=O)c1ccc(OCc2cc(C)no2)c(Br)c1. The van der Waals surface area contributed by atoms with Crippen molar-refractivity contribution in [1.29, 1.82) is 0 Å². The Morgan fingerprint density at radius 3 is 2.86 bits per heavy atom. The molecule has 0 aliphatic rings. The summed E-state index contributed by atoms with van der Waals surface area (Å²) in [5.41, 5.74) is 1.41. The number of aromatic nitrogens is 1. The monoisotopic (exact) mass is 352 g/mol. The Morgan fingerprint density at radius 1 is 1.43 bits per heavy atom. The second kappa shape index (κ2) is 7.26. The Morgan fingerprint density at radius 2 is 2.24 bits per heavy atom. The summed E-state index contributed by atoms with van der Waals surface area (Å²) in [6.45, 7) is 4.82. The second-order valence-corrected chi connectivity index (χ2v) is 5.48. The fourth-order valence-corrected chi connectivity index (χ4v) is 2.23. The van der Waals surface area contributed by atoms with Gasteiger partial charge in [-0.05, 0) is 47.5 Å². The molecule has 0 unspecified atom stereocenters. The highest BCUT2D eigenvalue weighted by Crippen LogP contribution is 2.27. The zero-order valence-electron chi connectivity index (χ0n) is 12.0. The maximum absolute atomic E-state index is 11.9. The number of nitrogens with one attached hydrogen (secondary N) is 1.